The van der Waals surface area contributed by atoms with E-state index in [1.54, 1.807) is 6.20 Å². The van der Waals surface area contributed by atoms with E-state index in [-0.39, 0.29) is 18.8 Å². The third-order valence-corrected chi connectivity index (χ3v) is 4.89. The molecule has 3 aromatic rings. The third kappa shape index (κ3) is 3.67. The van der Waals surface area contributed by atoms with Crippen LogP contribution < -0.4 is 5.32 Å². The Morgan fingerprint density at radius 3 is 2.96 bits per heavy atom. The molecule has 3 atom stereocenters. The van der Waals surface area contributed by atoms with Crippen LogP contribution >= 0.6 is 0 Å². The highest BCUT2D eigenvalue weighted by Crippen LogP contribution is 2.28. The lowest BCUT2D eigenvalue weighted by Crippen LogP contribution is -2.19. The first-order chi connectivity index (χ1) is 12.7. The molecule has 0 radical (unpaired) electrons. The first-order valence-corrected chi connectivity index (χ1v) is 8.92. The smallest absolute Gasteiger partial charge is 0.160 e. The molecule has 1 aliphatic carbocycles. The molecule has 7 heteroatoms. The number of ether oxygens (including phenoxy) is 1. The van der Waals surface area contributed by atoms with Gasteiger partial charge in [-0.3, -0.25) is 5.10 Å². The van der Waals surface area contributed by atoms with Crippen LogP contribution in [0.4, 0.5) is 10.2 Å². The first kappa shape index (κ1) is 16.9. The van der Waals surface area contributed by atoms with Crippen molar-refractivity contribution >= 4 is 16.9 Å². The second kappa shape index (κ2) is 7.37. The molecule has 136 valence electrons. The summed E-state index contributed by atoms with van der Waals surface area (Å²) in [6.07, 6.45) is 4.93. The fourth-order valence-corrected chi connectivity index (χ4v) is 3.39. The summed E-state index contributed by atoms with van der Waals surface area (Å²) in [5.41, 5.74) is 2.52. The van der Waals surface area contributed by atoms with E-state index in [9.17, 15) is 4.39 Å². The van der Waals surface area contributed by atoms with Gasteiger partial charge < -0.3 is 10.1 Å². The van der Waals surface area contributed by atoms with Crippen LogP contribution in [0.15, 0.2) is 36.8 Å². The van der Waals surface area contributed by atoms with Crippen molar-refractivity contribution in [3.05, 3.63) is 47.9 Å². The number of rotatable bonds is 6. The molecule has 6 nitrogen and oxygen atoms in total. The predicted octanol–water partition coefficient (Wildman–Crippen LogP) is 3.72. The summed E-state index contributed by atoms with van der Waals surface area (Å²) in [5, 5.41) is 11.2. The van der Waals surface area contributed by atoms with Gasteiger partial charge in [0.05, 0.1) is 24.3 Å². The molecule has 2 N–H and O–H groups in total. The topological polar surface area (TPSA) is 75.7 Å². The van der Waals surface area contributed by atoms with E-state index in [1.807, 2.05) is 31.2 Å². The van der Waals surface area contributed by atoms with Gasteiger partial charge in [-0.1, -0.05) is 29.8 Å². The molecule has 0 aliphatic heterocycles. The van der Waals surface area contributed by atoms with E-state index in [2.05, 4.69) is 25.5 Å². The van der Waals surface area contributed by atoms with Crippen molar-refractivity contribution in [2.24, 2.45) is 0 Å². The van der Waals surface area contributed by atoms with Gasteiger partial charge in [0.25, 0.3) is 0 Å². The van der Waals surface area contributed by atoms with E-state index < -0.39 is 6.17 Å². The van der Waals surface area contributed by atoms with E-state index in [1.165, 1.54) is 6.33 Å². The number of aryl methyl sites for hydroxylation is 1. The van der Waals surface area contributed by atoms with Crippen molar-refractivity contribution in [1.82, 2.24) is 20.2 Å². The zero-order valence-electron chi connectivity index (χ0n) is 14.7. The second-order valence-electron chi connectivity index (χ2n) is 6.84. The Hall–Kier alpha value is -2.54. The Bertz CT molecular complexity index is 866. The number of alkyl halides is 1. The maximum Gasteiger partial charge on any atom is 0.160 e. The van der Waals surface area contributed by atoms with Gasteiger partial charge in [-0.2, -0.15) is 5.10 Å². The number of fused-ring (bicyclic) bond motifs is 1. The van der Waals surface area contributed by atoms with Gasteiger partial charge in [0, 0.05) is 6.04 Å². The molecule has 1 fully saturated rings. The van der Waals surface area contributed by atoms with Gasteiger partial charge in [-0.15, -0.1) is 0 Å². The number of H-pyrrole nitrogens is 1. The molecule has 4 rings (SSSR count). The predicted molar refractivity (Wildman–Crippen MR) is 97.7 cm³/mol. The monoisotopic (exact) mass is 355 g/mol. The summed E-state index contributed by atoms with van der Waals surface area (Å²) >= 11 is 0. The number of aromatic amines is 1. The van der Waals surface area contributed by atoms with Crippen LogP contribution in [-0.4, -0.2) is 38.9 Å². The van der Waals surface area contributed by atoms with Crippen molar-refractivity contribution in [3.63, 3.8) is 0 Å². The molecule has 0 bridgehead atoms. The van der Waals surface area contributed by atoms with E-state index >= 15 is 0 Å². The molecule has 1 unspecified atom stereocenters. The lowest BCUT2D eigenvalue weighted by atomic mass is 10.1. The normalized spacial score (nSPS) is 21.2. The Balaban J connectivity index is 1.30. The minimum atomic E-state index is -1.09. The van der Waals surface area contributed by atoms with Crippen LogP contribution in [0.5, 0.6) is 0 Å². The molecule has 0 spiro atoms. The molecular formula is C19H22FN5O. The lowest BCUT2D eigenvalue weighted by Gasteiger charge is -2.16. The maximum atomic E-state index is 14.3. The van der Waals surface area contributed by atoms with Gasteiger partial charge in [0.2, 0.25) is 0 Å². The largest absolute Gasteiger partial charge is 0.375 e. The average Bonchev–Trinajstić information content (AvgIpc) is 3.30. The molecule has 1 aromatic carbocycles. The van der Waals surface area contributed by atoms with Crippen LogP contribution in [0.25, 0.3) is 11.0 Å². The number of halogens is 1. The van der Waals surface area contributed by atoms with Gasteiger partial charge in [-0.25, -0.2) is 14.4 Å². The number of nitrogens with zero attached hydrogens (tertiary/aromatic N) is 3. The SMILES string of the molecule is Cc1ccc([C@@H](F)COC2CC[C@H](Nc3ncnc4[nH]ncc34)C2)cc1. The van der Waals surface area contributed by atoms with Crippen molar-refractivity contribution < 1.29 is 9.13 Å². The summed E-state index contributed by atoms with van der Waals surface area (Å²) in [6, 6.07) is 7.76. The summed E-state index contributed by atoms with van der Waals surface area (Å²) in [5.74, 6) is 0.775. The summed E-state index contributed by atoms with van der Waals surface area (Å²) < 4.78 is 20.2. The highest BCUT2D eigenvalue weighted by Gasteiger charge is 2.27. The van der Waals surface area contributed by atoms with E-state index in [0.717, 1.165) is 36.0 Å². The number of hydrogen-bond donors (Lipinski definition) is 2. The molecule has 1 aliphatic rings. The summed E-state index contributed by atoms with van der Waals surface area (Å²) in [6.45, 7) is 2.09. The molecule has 0 amide bonds. The van der Waals surface area contributed by atoms with Crippen LogP contribution in [0, 0.1) is 6.92 Å². The van der Waals surface area contributed by atoms with E-state index in [0.29, 0.717) is 11.2 Å². The van der Waals surface area contributed by atoms with Gasteiger partial charge in [-0.05, 0) is 31.7 Å². The van der Waals surface area contributed by atoms with Crippen LogP contribution in [0.1, 0.15) is 36.6 Å². The second-order valence-corrected chi connectivity index (χ2v) is 6.84. The molecular weight excluding hydrogens is 333 g/mol. The van der Waals surface area contributed by atoms with Crippen molar-refractivity contribution in [3.8, 4) is 0 Å². The van der Waals surface area contributed by atoms with Gasteiger partial charge in [0.15, 0.2) is 5.65 Å². The fourth-order valence-electron chi connectivity index (χ4n) is 3.39. The van der Waals surface area contributed by atoms with E-state index in [4.69, 9.17) is 4.74 Å². The van der Waals surface area contributed by atoms with Crippen molar-refractivity contribution in [1.29, 1.82) is 0 Å². The highest BCUT2D eigenvalue weighted by molar-refractivity contribution is 5.85. The fraction of sp³-hybridized carbons (Fsp3) is 0.421. The molecule has 2 aromatic heterocycles. The van der Waals surface area contributed by atoms with Gasteiger partial charge in [0.1, 0.15) is 18.3 Å². The molecule has 1 saturated carbocycles. The number of benzene rings is 1. The highest BCUT2D eigenvalue weighted by atomic mass is 19.1. The Morgan fingerprint density at radius 1 is 1.27 bits per heavy atom. The number of aromatic nitrogens is 4. The Morgan fingerprint density at radius 2 is 2.12 bits per heavy atom. The maximum absolute atomic E-state index is 14.3. The minimum absolute atomic E-state index is 0.0675. The molecule has 2 heterocycles. The molecule has 26 heavy (non-hydrogen) atoms. The van der Waals surface area contributed by atoms with Crippen LogP contribution in [0.3, 0.4) is 0 Å². The van der Waals surface area contributed by atoms with Crippen LogP contribution in [-0.2, 0) is 4.74 Å². The quantitative estimate of drug-likeness (QED) is 0.705. The van der Waals surface area contributed by atoms with Crippen LogP contribution in [0.2, 0.25) is 0 Å². The van der Waals surface area contributed by atoms with Crippen molar-refractivity contribution in [2.45, 2.75) is 44.5 Å². The zero-order valence-corrected chi connectivity index (χ0v) is 14.7. The summed E-state index contributed by atoms with van der Waals surface area (Å²) in [7, 11) is 0. The Kier molecular flexibility index (Phi) is 4.79. The third-order valence-electron chi connectivity index (χ3n) is 4.89. The average molecular weight is 355 g/mol. The lowest BCUT2D eigenvalue weighted by molar-refractivity contribution is 0.0217. The number of anilines is 1. The Labute approximate surface area is 151 Å². The number of hydrogen-bond acceptors (Lipinski definition) is 5. The summed E-state index contributed by atoms with van der Waals surface area (Å²) in [4.78, 5) is 8.44. The van der Waals surface area contributed by atoms with Crippen molar-refractivity contribution in [2.75, 3.05) is 11.9 Å². The molecule has 0 saturated heterocycles. The zero-order chi connectivity index (χ0) is 17.9. The number of nitrogens with one attached hydrogen (secondary N) is 2. The van der Waals surface area contributed by atoms with Gasteiger partial charge >= 0.3 is 0 Å². The first-order valence-electron chi connectivity index (χ1n) is 8.92. The standard InChI is InChI=1S/C19H22FN5O/c1-12-2-4-13(5-3-12)17(20)10-26-15-7-6-14(8-15)24-18-16-9-23-25-19(16)22-11-21-18/h2-5,9,11,14-15,17H,6-8,10H2,1H3,(H2,21,22,23,24,25)/t14-,15?,17-/m0/s1. The minimum Gasteiger partial charge on any atom is -0.375 e.